The van der Waals surface area contributed by atoms with Crippen molar-refractivity contribution in [3.8, 4) is 5.75 Å². The maximum Gasteiger partial charge on any atom is 0.235 e. The minimum atomic E-state index is -3.59. The molecule has 0 aliphatic rings. The number of sulfonamides is 1. The summed E-state index contributed by atoms with van der Waals surface area (Å²) in [6.07, 6.45) is 0. The Morgan fingerprint density at radius 1 is 1.12 bits per heavy atom. The number of amides is 1. The minimum absolute atomic E-state index is 0.182. The molecule has 2 N–H and O–H groups in total. The van der Waals surface area contributed by atoms with Crippen molar-refractivity contribution in [2.75, 3.05) is 13.7 Å². The molecule has 0 aliphatic carbocycles. The Morgan fingerprint density at radius 3 is 2.48 bits per heavy atom. The van der Waals surface area contributed by atoms with E-state index in [0.717, 1.165) is 15.8 Å². The molecular weight excluding hydrogens is 408 g/mol. The first-order valence-corrected chi connectivity index (χ1v) is 9.94. The van der Waals surface area contributed by atoms with E-state index in [1.54, 1.807) is 37.4 Å². The standard InChI is InChI=1S/C17H19BrN2O4S/c1-24-16-7-5-13(6-8-16)10-19-17(21)11-20-25(22,23)12-14-3-2-4-15(18)9-14/h2-9,20H,10-12H2,1H3,(H,19,21). The summed E-state index contributed by atoms with van der Waals surface area (Å²) < 4.78 is 32.2. The normalized spacial score (nSPS) is 11.1. The molecule has 0 unspecified atom stereocenters. The summed E-state index contributed by atoms with van der Waals surface area (Å²) in [5, 5.41) is 2.67. The fraction of sp³-hybridized carbons (Fsp3) is 0.235. The number of carbonyl (C=O) groups excluding carboxylic acids is 1. The average molecular weight is 427 g/mol. The van der Waals surface area contributed by atoms with Crippen molar-refractivity contribution in [1.29, 1.82) is 0 Å². The zero-order valence-corrected chi connectivity index (χ0v) is 16.1. The molecule has 1 amide bonds. The van der Waals surface area contributed by atoms with Gasteiger partial charge in [0, 0.05) is 11.0 Å². The molecule has 0 spiro atoms. The van der Waals surface area contributed by atoms with Gasteiger partial charge in [0.05, 0.1) is 19.4 Å². The third-order valence-corrected chi connectivity index (χ3v) is 5.14. The zero-order chi connectivity index (χ0) is 18.3. The monoisotopic (exact) mass is 426 g/mol. The Labute approximate surface area is 155 Å². The maximum absolute atomic E-state index is 12.0. The number of rotatable bonds is 8. The van der Waals surface area contributed by atoms with Gasteiger partial charge in [0.2, 0.25) is 15.9 Å². The molecule has 0 aliphatic heterocycles. The second-order valence-corrected chi connectivity index (χ2v) is 8.06. The summed E-state index contributed by atoms with van der Waals surface area (Å²) in [5.41, 5.74) is 1.53. The number of benzene rings is 2. The Bertz CT molecular complexity index is 823. The highest BCUT2D eigenvalue weighted by Gasteiger charge is 2.13. The molecule has 6 nitrogen and oxygen atoms in total. The van der Waals surface area contributed by atoms with Crippen molar-refractivity contribution < 1.29 is 17.9 Å². The zero-order valence-electron chi connectivity index (χ0n) is 13.7. The Morgan fingerprint density at radius 2 is 1.84 bits per heavy atom. The van der Waals surface area contributed by atoms with E-state index in [4.69, 9.17) is 4.74 Å². The van der Waals surface area contributed by atoms with Gasteiger partial charge in [0.25, 0.3) is 0 Å². The Balaban J connectivity index is 1.79. The number of carbonyl (C=O) groups is 1. The molecule has 2 aromatic rings. The van der Waals surface area contributed by atoms with Gasteiger partial charge >= 0.3 is 0 Å². The lowest BCUT2D eigenvalue weighted by atomic mass is 10.2. The van der Waals surface area contributed by atoms with E-state index in [0.29, 0.717) is 12.1 Å². The van der Waals surface area contributed by atoms with Gasteiger partial charge < -0.3 is 10.1 Å². The maximum atomic E-state index is 12.0. The van der Waals surface area contributed by atoms with Crippen molar-refractivity contribution in [2.24, 2.45) is 0 Å². The van der Waals surface area contributed by atoms with Crippen LogP contribution in [0.3, 0.4) is 0 Å². The first kappa shape index (κ1) is 19.4. The van der Waals surface area contributed by atoms with Crippen molar-refractivity contribution >= 4 is 31.9 Å². The lowest BCUT2D eigenvalue weighted by molar-refractivity contribution is -0.120. The molecule has 0 fully saturated rings. The smallest absolute Gasteiger partial charge is 0.235 e. The highest BCUT2D eigenvalue weighted by atomic mass is 79.9. The van der Waals surface area contributed by atoms with Gasteiger partial charge in [-0.15, -0.1) is 0 Å². The predicted molar refractivity (Wildman–Crippen MR) is 99.6 cm³/mol. The van der Waals surface area contributed by atoms with E-state index in [1.165, 1.54) is 0 Å². The Kier molecular flexibility index (Phi) is 6.98. The van der Waals surface area contributed by atoms with Gasteiger partial charge in [-0.1, -0.05) is 40.2 Å². The Hall–Kier alpha value is -1.90. The van der Waals surface area contributed by atoms with E-state index in [-0.39, 0.29) is 12.3 Å². The van der Waals surface area contributed by atoms with Gasteiger partial charge in [-0.05, 0) is 35.4 Å². The van der Waals surface area contributed by atoms with Crippen LogP contribution in [-0.4, -0.2) is 28.0 Å². The molecule has 2 aromatic carbocycles. The van der Waals surface area contributed by atoms with Crippen LogP contribution in [0.15, 0.2) is 53.0 Å². The molecule has 8 heteroatoms. The summed E-state index contributed by atoms with van der Waals surface area (Å²) in [7, 11) is -2.01. The lowest BCUT2D eigenvalue weighted by Gasteiger charge is -2.09. The summed E-state index contributed by atoms with van der Waals surface area (Å²) >= 11 is 3.30. The summed E-state index contributed by atoms with van der Waals surface area (Å²) in [6, 6.07) is 14.3. The molecule has 0 saturated heterocycles. The molecule has 134 valence electrons. The topological polar surface area (TPSA) is 84.5 Å². The van der Waals surface area contributed by atoms with E-state index < -0.39 is 15.9 Å². The number of methoxy groups -OCH3 is 1. The van der Waals surface area contributed by atoms with Gasteiger partial charge in [-0.3, -0.25) is 4.79 Å². The summed E-state index contributed by atoms with van der Waals surface area (Å²) in [5.74, 6) is 0.155. The lowest BCUT2D eigenvalue weighted by Crippen LogP contribution is -2.37. The van der Waals surface area contributed by atoms with E-state index in [9.17, 15) is 13.2 Å². The molecule has 25 heavy (non-hydrogen) atoms. The van der Waals surface area contributed by atoms with Crippen molar-refractivity contribution in [3.63, 3.8) is 0 Å². The third-order valence-electron chi connectivity index (χ3n) is 3.35. The number of halogens is 1. The van der Waals surface area contributed by atoms with Crippen molar-refractivity contribution in [1.82, 2.24) is 10.0 Å². The van der Waals surface area contributed by atoms with Crippen LogP contribution in [0.4, 0.5) is 0 Å². The average Bonchev–Trinajstić information content (AvgIpc) is 2.58. The number of hydrogen-bond donors (Lipinski definition) is 2. The second kappa shape index (κ2) is 8.98. The number of hydrogen-bond acceptors (Lipinski definition) is 4. The largest absolute Gasteiger partial charge is 0.497 e. The SMILES string of the molecule is COc1ccc(CNC(=O)CNS(=O)(=O)Cc2cccc(Br)c2)cc1. The molecule has 0 atom stereocenters. The first-order valence-electron chi connectivity index (χ1n) is 7.49. The second-order valence-electron chi connectivity index (χ2n) is 5.33. The molecular formula is C17H19BrN2O4S. The molecule has 0 saturated carbocycles. The van der Waals surface area contributed by atoms with Gasteiger partial charge in [-0.2, -0.15) is 0 Å². The summed E-state index contributed by atoms with van der Waals surface area (Å²) in [4.78, 5) is 11.8. The van der Waals surface area contributed by atoms with Crippen molar-refractivity contribution in [3.05, 3.63) is 64.1 Å². The number of ether oxygens (including phenoxy) is 1. The number of nitrogens with one attached hydrogen (secondary N) is 2. The summed E-state index contributed by atoms with van der Waals surface area (Å²) in [6.45, 7) is 0.0165. The fourth-order valence-corrected chi connectivity index (χ4v) is 3.60. The van der Waals surface area contributed by atoms with Gasteiger partial charge in [0.1, 0.15) is 5.75 Å². The predicted octanol–water partition coefficient (Wildman–Crippen LogP) is 2.19. The highest BCUT2D eigenvalue weighted by molar-refractivity contribution is 9.10. The third kappa shape index (κ3) is 6.85. The quantitative estimate of drug-likeness (QED) is 0.677. The van der Waals surface area contributed by atoms with Crippen LogP contribution >= 0.6 is 15.9 Å². The van der Waals surface area contributed by atoms with Crippen LogP contribution in [0.25, 0.3) is 0 Å². The van der Waals surface area contributed by atoms with E-state index in [1.807, 2.05) is 18.2 Å². The molecule has 0 radical (unpaired) electrons. The van der Waals surface area contributed by atoms with Crippen LogP contribution < -0.4 is 14.8 Å². The van der Waals surface area contributed by atoms with Crippen LogP contribution in [0.5, 0.6) is 5.75 Å². The molecule has 0 bridgehead atoms. The highest BCUT2D eigenvalue weighted by Crippen LogP contribution is 2.13. The van der Waals surface area contributed by atoms with Crippen LogP contribution in [0.1, 0.15) is 11.1 Å². The first-order chi connectivity index (χ1) is 11.9. The molecule has 0 aromatic heterocycles. The van der Waals surface area contributed by atoms with E-state index in [2.05, 4.69) is 26.0 Å². The fourth-order valence-electron chi connectivity index (χ4n) is 2.08. The molecule has 0 heterocycles. The van der Waals surface area contributed by atoms with Gasteiger partial charge in [0.15, 0.2) is 0 Å². The van der Waals surface area contributed by atoms with Crippen LogP contribution in [0.2, 0.25) is 0 Å². The van der Waals surface area contributed by atoms with Crippen LogP contribution in [0, 0.1) is 0 Å². The van der Waals surface area contributed by atoms with Crippen molar-refractivity contribution in [2.45, 2.75) is 12.3 Å². The van der Waals surface area contributed by atoms with E-state index >= 15 is 0 Å². The van der Waals surface area contributed by atoms with Gasteiger partial charge in [-0.25, -0.2) is 13.1 Å². The molecule has 2 rings (SSSR count). The minimum Gasteiger partial charge on any atom is -0.497 e. The van der Waals surface area contributed by atoms with Crippen LogP contribution in [-0.2, 0) is 27.1 Å².